The van der Waals surface area contributed by atoms with Crippen LogP contribution in [-0.2, 0) is 9.53 Å². The second-order valence-corrected chi connectivity index (χ2v) is 7.32. The molecule has 0 aromatic rings. The fourth-order valence-corrected chi connectivity index (χ4v) is 4.30. The van der Waals surface area contributed by atoms with E-state index in [2.05, 4.69) is 26.8 Å². The van der Waals surface area contributed by atoms with Crippen LogP contribution in [0.5, 0.6) is 0 Å². The van der Waals surface area contributed by atoms with Crippen molar-refractivity contribution in [2.24, 2.45) is 11.3 Å². The van der Waals surface area contributed by atoms with Gasteiger partial charge in [0.05, 0.1) is 12.7 Å². The number of ketones is 1. The Morgan fingerprint density at radius 1 is 1.33 bits per heavy atom. The molecule has 0 aromatic carbocycles. The Hall–Kier alpha value is -1.15. The van der Waals surface area contributed by atoms with E-state index in [4.69, 9.17) is 4.74 Å². The van der Waals surface area contributed by atoms with Crippen LogP contribution >= 0.6 is 0 Å². The van der Waals surface area contributed by atoms with Gasteiger partial charge in [0.15, 0.2) is 5.78 Å². The molecule has 3 aliphatic rings. The summed E-state index contributed by atoms with van der Waals surface area (Å²) in [6.07, 6.45) is 11.3. The highest BCUT2D eigenvalue weighted by atomic mass is 16.5. The zero-order chi connectivity index (χ0) is 15.0. The minimum absolute atomic E-state index is 0.212. The SMILES string of the molecule is CC1=C2CC[C@@]3(C)C/C=C(/C)CC(=O)/C=C\C[C@@H](OC1)[C@H]23. The van der Waals surface area contributed by atoms with Crippen LogP contribution in [0.3, 0.4) is 0 Å². The minimum atomic E-state index is 0.212. The Morgan fingerprint density at radius 2 is 2.14 bits per heavy atom. The topological polar surface area (TPSA) is 26.3 Å². The number of ether oxygens (including phenoxy) is 1. The highest BCUT2D eigenvalue weighted by Crippen LogP contribution is 2.54. The molecule has 3 atom stereocenters. The number of hydrogen-bond acceptors (Lipinski definition) is 2. The molecule has 1 heterocycles. The lowest BCUT2D eigenvalue weighted by molar-refractivity contribution is -0.114. The van der Waals surface area contributed by atoms with E-state index in [1.807, 2.05) is 6.08 Å². The summed E-state index contributed by atoms with van der Waals surface area (Å²) in [6, 6.07) is 0. The maximum atomic E-state index is 11.9. The normalized spacial score (nSPS) is 41.1. The Morgan fingerprint density at radius 3 is 2.95 bits per heavy atom. The first-order valence-electron chi connectivity index (χ1n) is 8.15. The average molecular weight is 286 g/mol. The molecule has 2 heteroatoms. The molecule has 1 saturated carbocycles. The standard InChI is InChI=1S/C19H26O2/c1-13-7-9-19(3)10-8-16-14(2)12-21-17(18(16)19)6-4-5-15(20)11-13/h4-5,7,17-18H,6,8-12H2,1-3H3/b5-4-,13-7-/t17-,18+,19-/m1/s1. The zero-order valence-corrected chi connectivity index (χ0v) is 13.4. The third-order valence-corrected chi connectivity index (χ3v) is 5.57. The van der Waals surface area contributed by atoms with Crippen LogP contribution in [0.15, 0.2) is 34.9 Å². The van der Waals surface area contributed by atoms with Crippen LogP contribution in [-0.4, -0.2) is 18.5 Å². The zero-order valence-electron chi connectivity index (χ0n) is 13.4. The largest absolute Gasteiger partial charge is 0.373 e. The molecule has 2 aliphatic carbocycles. The quantitative estimate of drug-likeness (QED) is 0.618. The predicted octanol–water partition coefficient (Wildman–Crippen LogP) is 4.37. The summed E-state index contributed by atoms with van der Waals surface area (Å²) < 4.78 is 6.13. The van der Waals surface area contributed by atoms with E-state index >= 15 is 0 Å². The molecule has 2 nitrogen and oxygen atoms in total. The molecular weight excluding hydrogens is 260 g/mol. The molecule has 0 N–H and O–H groups in total. The second kappa shape index (κ2) is 5.57. The van der Waals surface area contributed by atoms with E-state index in [9.17, 15) is 4.79 Å². The Balaban J connectivity index is 1.99. The van der Waals surface area contributed by atoms with Crippen molar-refractivity contribution < 1.29 is 9.53 Å². The summed E-state index contributed by atoms with van der Waals surface area (Å²) in [5.74, 6) is 0.733. The van der Waals surface area contributed by atoms with Gasteiger partial charge in [-0.3, -0.25) is 4.79 Å². The van der Waals surface area contributed by atoms with E-state index < -0.39 is 0 Å². The molecular formula is C19H26O2. The predicted molar refractivity (Wildman–Crippen MR) is 85.0 cm³/mol. The summed E-state index contributed by atoms with van der Waals surface area (Å²) in [4.78, 5) is 11.9. The lowest BCUT2D eigenvalue weighted by Gasteiger charge is -2.40. The smallest absolute Gasteiger partial charge is 0.159 e. The molecule has 0 saturated heterocycles. The fourth-order valence-electron chi connectivity index (χ4n) is 4.30. The number of rotatable bonds is 0. The number of carbonyl (C=O) groups is 1. The first-order chi connectivity index (χ1) is 9.99. The summed E-state index contributed by atoms with van der Waals surface area (Å²) in [6.45, 7) is 7.48. The van der Waals surface area contributed by atoms with Gasteiger partial charge in [0.25, 0.3) is 0 Å². The van der Waals surface area contributed by atoms with Crippen molar-refractivity contribution in [3.63, 3.8) is 0 Å². The van der Waals surface area contributed by atoms with Gasteiger partial charge in [0, 0.05) is 12.3 Å². The fraction of sp³-hybridized carbons (Fsp3) is 0.632. The molecule has 21 heavy (non-hydrogen) atoms. The highest BCUT2D eigenvalue weighted by Gasteiger charge is 2.47. The monoisotopic (exact) mass is 286 g/mol. The Kier molecular flexibility index (Phi) is 3.92. The molecule has 0 amide bonds. The third-order valence-electron chi connectivity index (χ3n) is 5.57. The van der Waals surface area contributed by atoms with Crippen LogP contribution in [0, 0.1) is 11.3 Å². The number of allylic oxidation sites excluding steroid dienone is 3. The maximum absolute atomic E-state index is 11.9. The van der Waals surface area contributed by atoms with Gasteiger partial charge < -0.3 is 4.74 Å². The van der Waals surface area contributed by atoms with E-state index in [-0.39, 0.29) is 17.3 Å². The van der Waals surface area contributed by atoms with Gasteiger partial charge >= 0.3 is 0 Å². The van der Waals surface area contributed by atoms with Crippen molar-refractivity contribution in [1.29, 1.82) is 0 Å². The maximum Gasteiger partial charge on any atom is 0.159 e. The average Bonchev–Trinajstić information content (AvgIpc) is 2.78. The first kappa shape index (κ1) is 14.8. The molecule has 0 spiro atoms. The van der Waals surface area contributed by atoms with Gasteiger partial charge in [-0.05, 0) is 56.6 Å². The van der Waals surface area contributed by atoms with Crippen molar-refractivity contribution in [2.75, 3.05) is 6.61 Å². The van der Waals surface area contributed by atoms with E-state index in [1.54, 1.807) is 11.6 Å². The molecule has 0 unspecified atom stereocenters. The van der Waals surface area contributed by atoms with Crippen molar-refractivity contribution in [3.8, 4) is 0 Å². The Bertz CT molecular complexity index is 538. The van der Waals surface area contributed by atoms with Crippen LogP contribution in [0.2, 0.25) is 0 Å². The van der Waals surface area contributed by atoms with Crippen LogP contribution in [0.1, 0.15) is 52.9 Å². The summed E-state index contributed by atoms with van der Waals surface area (Å²) in [5, 5.41) is 0. The van der Waals surface area contributed by atoms with Gasteiger partial charge in [-0.2, -0.15) is 0 Å². The summed E-state index contributed by atoms with van der Waals surface area (Å²) in [7, 11) is 0. The molecule has 3 rings (SSSR count). The van der Waals surface area contributed by atoms with Gasteiger partial charge in [0.2, 0.25) is 0 Å². The Labute approximate surface area is 127 Å². The molecule has 1 fully saturated rings. The van der Waals surface area contributed by atoms with Gasteiger partial charge in [-0.1, -0.05) is 30.2 Å². The summed E-state index contributed by atoms with van der Waals surface area (Å²) >= 11 is 0. The molecule has 114 valence electrons. The molecule has 0 radical (unpaired) electrons. The number of hydrogen-bond donors (Lipinski definition) is 0. The third kappa shape index (κ3) is 2.78. The van der Waals surface area contributed by atoms with Crippen molar-refractivity contribution in [3.05, 3.63) is 34.9 Å². The molecule has 1 aliphatic heterocycles. The van der Waals surface area contributed by atoms with Crippen LogP contribution in [0.25, 0.3) is 0 Å². The molecule has 0 aromatic heterocycles. The van der Waals surface area contributed by atoms with Crippen LogP contribution < -0.4 is 0 Å². The van der Waals surface area contributed by atoms with E-state index in [0.717, 1.165) is 19.4 Å². The van der Waals surface area contributed by atoms with E-state index in [1.165, 1.54) is 24.0 Å². The van der Waals surface area contributed by atoms with Crippen LogP contribution in [0.4, 0.5) is 0 Å². The lowest BCUT2D eigenvalue weighted by Crippen LogP contribution is -2.37. The van der Waals surface area contributed by atoms with Gasteiger partial charge in [-0.15, -0.1) is 0 Å². The summed E-state index contributed by atoms with van der Waals surface area (Å²) in [5.41, 5.74) is 4.56. The highest BCUT2D eigenvalue weighted by molar-refractivity contribution is 5.91. The lowest BCUT2D eigenvalue weighted by atomic mass is 9.71. The van der Waals surface area contributed by atoms with Crippen molar-refractivity contribution in [2.45, 2.75) is 59.0 Å². The molecule has 0 bridgehead atoms. The minimum Gasteiger partial charge on any atom is -0.373 e. The first-order valence-corrected chi connectivity index (χ1v) is 8.15. The van der Waals surface area contributed by atoms with Gasteiger partial charge in [-0.25, -0.2) is 0 Å². The second-order valence-electron chi connectivity index (χ2n) is 7.32. The van der Waals surface area contributed by atoms with Gasteiger partial charge in [0.1, 0.15) is 0 Å². The number of carbonyl (C=O) groups excluding carboxylic acids is 1. The van der Waals surface area contributed by atoms with Crippen molar-refractivity contribution in [1.82, 2.24) is 0 Å². The van der Waals surface area contributed by atoms with E-state index in [0.29, 0.717) is 12.3 Å². The van der Waals surface area contributed by atoms with Crippen molar-refractivity contribution >= 4 is 5.78 Å².